The summed E-state index contributed by atoms with van der Waals surface area (Å²) in [6, 6.07) is 0. The monoisotopic (exact) mass is 245 g/mol. The topological polar surface area (TPSA) is 46.6 Å². The van der Waals surface area contributed by atoms with E-state index in [1.165, 1.54) is 7.11 Å². The van der Waals surface area contributed by atoms with Crippen LogP contribution in [0.25, 0.3) is 0 Å². The van der Waals surface area contributed by atoms with E-state index < -0.39 is 5.54 Å². The zero-order valence-corrected chi connectivity index (χ0v) is 11.3. The van der Waals surface area contributed by atoms with E-state index in [-0.39, 0.29) is 16.8 Å². The summed E-state index contributed by atoms with van der Waals surface area (Å²) in [5.41, 5.74) is -0.892. The van der Waals surface area contributed by atoms with Crippen LogP contribution < -0.4 is 0 Å². The molecular weight excluding hydrogens is 226 g/mol. The van der Waals surface area contributed by atoms with Crippen LogP contribution in [0.1, 0.15) is 27.7 Å². The Morgan fingerprint density at radius 2 is 2.12 bits per heavy atom. The molecule has 0 aromatic carbocycles. The number of thioether (sulfide) groups is 1. The molecule has 92 valence electrons. The predicted molar refractivity (Wildman–Crippen MR) is 64.0 cm³/mol. The van der Waals surface area contributed by atoms with E-state index >= 15 is 0 Å². The van der Waals surface area contributed by atoms with Gasteiger partial charge in [-0.1, -0.05) is 20.8 Å². The molecule has 0 aromatic heterocycles. The lowest BCUT2D eigenvalue weighted by Crippen LogP contribution is -2.54. The molecule has 0 aromatic rings. The average molecular weight is 245 g/mol. The number of hydrogen-bond acceptors (Lipinski definition) is 4. The number of carbonyl (C=O) groups is 2. The first kappa shape index (κ1) is 13.4. The Bertz CT molecular complexity index is 300. The molecule has 0 N–H and O–H groups in total. The van der Waals surface area contributed by atoms with Crippen molar-refractivity contribution in [2.75, 3.05) is 12.9 Å². The highest BCUT2D eigenvalue weighted by Gasteiger charge is 2.52. The van der Waals surface area contributed by atoms with Gasteiger partial charge in [-0.2, -0.15) is 0 Å². The minimum atomic E-state index is -0.834. The summed E-state index contributed by atoms with van der Waals surface area (Å²) in [5, 5.41) is 0.00843. The molecule has 1 aliphatic heterocycles. The number of rotatable bonds is 2. The molecule has 1 aliphatic rings. The SMILES string of the molecule is COC(=O)C1(C)CS[C@H](C(C)(C)C)N1C=O. The second kappa shape index (κ2) is 4.28. The lowest BCUT2D eigenvalue weighted by molar-refractivity contribution is -0.156. The standard InChI is InChI=1S/C11H19NO3S/c1-10(2,3)8-12(7-13)11(4,6-16-8)9(14)15-5/h7-8H,6H2,1-5H3/t8-,11?/m1/s1. The summed E-state index contributed by atoms with van der Waals surface area (Å²) >= 11 is 1.63. The van der Waals surface area contributed by atoms with Gasteiger partial charge in [-0.3, -0.25) is 4.79 Å². The molecule has 16 heavy (non-hydrogen) atoms. The number of esters is 1. The van der Waals surface area contributed by atoms with Crippen LogP contribution in [0.4, 0.5) is 0 Å². The third kappa shape index (κ3) is 2.05. The van der Waals surface area contributed by atoms with E-state index in [0.717, 1.165) is 6.41 Å². The Labute approximate surface area is 101 Å². The maximum absolute atomic E-state index is 11.7. The third-order valence-electron chi connectivity index (χ3n) is 2.82. The smallest absolute Gasteiger partial charge is 0.332 e. The molecule has 1 saturated heterocycles. The van der Waals surface area contributed by atoms with Gasteiger partial charge in [-0.25, -0.2) is 4.79 Å². The molecule has 1 heterocycles. The summed E-state index contributed by atoms with van der Waals surface area (Å²) in [6.07, 6.45) is 0.757. The van der Waals surface area contributed by atoms with Crippen molar-refractivity contribution in [2.24, 2.45) is 5.41 Å². The quantitative estimate of drug-likeness (QED) is 0.546. The van der Waals surface area contributed by atoms with Crippen LogP contribution in [0.15, 0.2) is 0 Å². The van der Waals surface area contributed by atoms with Crippen molar-refractivity contribution in [1.29, 1.82) is 0 Å². The van der Waals surface area contributed by atoms with Crippen molar-refractivity contribution in [2.45, 2.75) is 38.6 Å². The first-order valence-corrected chi connectivity index (χ1v) is 6.26. The molecule has 0 spiro atoms. The minimum Gasteiger partial charge on any atom is -0.467 e. The maximum Gasteiger partial charge on any atom is 0.332 e. The summed E-state index contributed by atoms with van der Waals surface area (Å²) in [7, 11) is 1.35. The van der Waals surface area contributed by atoms with Crippen molar-refractivity contribution < 1.29 is 14.3 Å². The molecule has 1 rings (SSSR count). The van der Waals surface area contributed by atoms with Crippen molar-refractivity contribution in [3.05, 3.63) is 0 Å². The molecule has 1 fully saturated rings. The van der Waals surface area contributed by atoms with Gasteiger partial charge in [0.2, 0.25) is 6.41 Å². The Hall–Kier alpha value is -0.710. The first-order valence-electron chi connectivity index (χ1n) is 5.21. The lowest BCUT2D eigenvalue weighted by Gasteiger charge is -2.37. The van der Waals surface area contributed by atoms with Crippen molar-refractivity contribution in [3.63, 3.8) is 0 Å². The highest BCUT2D eigenvalue weighted by molar-refractivity contribution is 8.00. The van der Waals surface area contributed by atoms with E-state index in [1.54, 1.807) is 23.6 Å². The van der Waals surface area contributed by atoms with E-state index in [9.17, 15) is 9.59 Å². The summed E-state index contributed by atoms with van der Waals surface area (Å²) in [5.74, 6) is 0.235. The van der Waals surface area contributed by atoms with Gasteiger partial charge >= 0.3 is 5.97 Å². The number of nitrogens with zero attached hydrogens (tertiary/aromatic N) is 1. The fraction of sp³-hybridized carbons (Fsp3) is 0.818. The van der Waals surface area contributed by atoms with E-state index in [2.05, 4.69) is 20.8 Å². The highest BCUT2D eigenvalue weighted by Crippen LogP contribution is 2.44. The number of methoxy groups -OCH3 is 1. The minimum absolute atomic E-state index is 0.00843. The van der Waals surface area contributed by atoms with Gasteiger partial charge in [0.25, 0.3) is 0 Å². The Morgan fingerprint density at radius 3 is 2.50 bits per heavy atom. The maximum atomic E-state index is 11.7. The molecule has 0 aliphatic carbocycles. The lowest BCUT2D eigenvalue weighted by atomic mass is 9.92. The Balaban J connectivity index is 3.02. The largest absolute Gasteiger partial charge is 0.467 e. The first-order chi connectivity index (χ1) is 7.27. The molecule has 0 saturated carbocycles. The van der Waals surface area contributed by atoms with E-state index in [1.807, 2.05) is 0 Å². The third-order valence-corrected chi connectivity index (χ3v) is 4.80. The summed E-state index contributed by atoms with van der Waals surface area (Å²) in [4.78, 5) is 24.5. The van der Waals surface area contributed by atoms with Gasteiger partial charge in [0.1, 0.15) is 5.54 Å². The number of amides is 1. The van der Waals surface area contributed by atoms with Crippen molar-refractivity contribution >= 4 is 24.1 Å². The van der Waals surface area contributed by atoms with Crippen LogP contribution in [0, 0.1) is 5.41 Å². The van der Waals surface area contributed by atoms with Crippen molar-refractivity contribution in [1.82, 2.24) is 4.90 Å². The van der Waals surface area contributed by atoms with E-state index in [4.69, 9.17) is 4.74 Å². The molecule has 2 atom stereocenters. The molecule has 4 nitrogen and oxygen atoms in total. The van der Waals surface area contributed by atoms with Gasteiger partial charge < -0.3 is 9.64 Å². The zero-order chi connectivity index (χ0) is 12.6. The molecule has 0 radical (unpaired) electrons. The normalized spacial score (nSPS) is 30.3. The van der Waals surface area contributed by atoms with Crippen LogP contribution in [-0.4, -0.2) is 41.1 Å². The predicted octanol–water partition coefficient (Wildman–Crippen LogP) is 1.50. The highest BCUT2D eigenvalue weighted by atomic mass is 32.2. The Morgan fingerprint density at radius 1 is 1.56 bits per heavy atom. The summed E-state index contributed by atoms with van der Waals surface area (Å²) in [6.45, 7) is 7.94. The van der Waals surface area contributed by atoms with Gasteiger partial charge in [0, 0.05) is 5.75 Å². The average Bonchev–Trinajstić information content (AvgIpc) is 2.54. The molecule has 0 bridgehead atoms. The molecular formula is C11H19NO3S. The van der Waals surface area contributed by atoms with Crippen LogP contribution in [-0.2, 0) is 14.3 Å². The van der Waals surface area contributed by atoms with Crippen LogP contribution in [0.2, 0.25) is 0 Å². The van der Waals surface area contributed by atoms with Crippen LogP contribution in [0.5, 0.6) is 0 Å². The Kier molecular flexibility index (Phi) is 3.57. The van der Waals surface area contributed by atoms with Gasteiger partial charge in [0.05, 0.1) is 12.5 Å². The molecule has 5 heteroatoms. The van der Waals surface area contributed by atoms with E-state index in [0.29, 0.717) is 5.75 Å². The number of hydrogen-bond donors (Lipinski definition) is 0. The van der Waals surface area contributed by atoms with Gasteiger partial charge in [-0.05, 0) is 12.3 Å². The van der Waals surface area contributed by atoms with Crippen molar-refractivity contribution in [3.8, 4) is 0 Å². The second-order valence-electron chi connectivity index (χ2n) is 5.31. The molecule has 1 unspecified atom stereocenters. The van der Waals surface area contributed by atoms with Crippen LogP contribution >= 0.6 is 11.8 Å². The second-order valence-corrected chi connectivity index (χ2v) is 6.38. The summed E-state index contributed by atoms with van der Waals surface area (Å²) < 4.78 is 4.78. The molecule has 1 amide bonds. The number of ether oxygens (including phenoxy) is 1. The fourth-order valence-corrected chi connectivity index (χ4v) is 3.57. The van der Waals surface area contributed by atoms with Gasteiger partial charge in [-0.15, -0.1) is 11.8 Å². The zero-order valence-electron chi connectivity index (χ0n) is 10.4. The number of carbonyl (C=O) groups excluding carboxylic acids is 2. The van der Waals surface area contributed by atoms with Gasteiger partial charge in [0.15, 0.2) is 0 Å². The fourth-order valence-electron chi connectivity index (χ4n) is 1.88. The van der Waals surface area contributed by atoms with Crippen LogP contribution in [0.3, 0.4) is 0 Å².